The second-order valence-electron chi connectivity index (χ2n) is 17.2. The van der Waals surface area contributed by atoms with E-state index in [9.17, 15) is 0 Å². The quantitative estimate of drug-likeness (QED) is 0.164. The van der Waals surface area contributed by atoms with E-state index in [1.165, 1.54) is 126 Å². The molecule has 0 spiro atoms. The smallest absolute Gasteiger partial charge is 0.0619 e. The lowest BCUT2D eigenvalue weighted by atomic mass is 9.93. The van der Waals surface area contributed by atoms with Crippen molar-refractivity contribution in [3.8, 4) is 67.0 Å². The van der Waals surface area contributed by atoms with Gasteiger partial charge in [0.25, 0.3) is 0 Å². The predicted molar refractivity (Wildman–Crippen MR) is 271 cm³/mol. The molecule has 11 aromatic carbocycles. The van der Waals surface area contributed by atoms with Crippen molar-refractivity contribution in [3.05, 3.63) is 231 Å². The van der Waals surface area contributed by atoms with E-state index in [4.69, 9.17) is 0 Å². The van der Waals surface area contributed by atoms with E-state index >= 15 is 0 Å². The van der Waals surface area contributed by atoms with Gasteiger partial charge in [0.2, 0.25) is 0 Å². The molecule has 296 valence electrons. The van der Waals surface area contributed by atoms with Crippen molar-refractivity contribution in [1.29, 1.82) is 0 Å². The summed E-state index contributed by atoms with van der Waals surface area (Å²) >= 11 is 0. The van der Waals surface area contributed by atoms with Crippen molar-refractivity contribution in [2.75, 3.05) is 0 Å². The van der Waals surface area contributed by atoms with Gasteiger partial charge in [-0.15, -0.1) is 0 Å². The summed E-state index contributed by atoms with van der Waals surface area (Å²) in [6.07, 6.45) is 0. The number of fused-ring (bicyclic) bond motifs is 11. The van der Waals surface area contributed by atoms with Crippen molar-refractivity contribution >= 4 is 65.2 Å². The first kappa shape index (κ1) is 35.2. The van der Waals surface area contributed by atoms with E-state index in [1.807, 2.05) is 0 Å². The van der Waals surface area contributed by atoms with E-state index in [0.29, 0.717) is 0 Å². The van der Waals surface area contributed by atoms with Gasteiger partial charge in [0.05, 0.1) is 22.1 Å². The predicted octanol–water partition coefficient (Wildman–Crippen LogP) is 16.8. The minimum atomic E-state index is 1.15. The minimum Gasteiger partial charge on any atom is -0.309 e. The summed E-state index contributed by atoms with van der Waals surface area (Å²) in [5.74, 6) is 0. The highest BCUT2D eigenvalue weighted by Crippen LogP contribution is 2.49. The molecular formula is C62H38N2. The highest BCUT2D eigenvalue weighted by molar-refractivity contribution is 6.20. The van der Waals surface area contributed by atoms with E-state index in [1.54, 1.807) is 0 Å². The van der Waals surface area contributed by atoms with Gasteiger partial charge in [-0.25, -0.2) is 0 Å². The lowest BCUT2D eigenvalue weighted by molar-refractivity contribution is 1.18. The first-order valence-corrected chi connectivity index (χ1v) is 22.2. The maximum atomic E-state index is 2.47. The molecule has 0 aliphatic heterocycles. The standard InChI is InChI=1S/C62H38N2/c1-2-12-45(13-3-1)63-58-20-9-8-17-51(58)56-37-43(28-35-59(56)63)44-29-36-60-57(38-44)55-32-27-41-11-4-5-14-48(41)62(55)64(60)46-30-25-40(26-31-46)39-21-23-42(24-22-39)47-33-34-54-50-16-7-6-15-49(50)53-19-10-18-52(47)61(53)54/h1-38H. The Morgan fingerprint density at radius 3 is 1.52 bits per heavy atom. The van der Waals surface area contributed by atoms with Crippen LogP contribution >= 0.6 is 0 Å². The Hall–Kier alpha value is -8.46. The monoisotopic (exact) mass is 810 g/mol. The zero-order chi connectivity index (χ0) is 41.9. The fraction of sp³-hybridized carbons (Fsp3) is 0. The van der Waals surface area contributed by atoms with Crippen LogP contribution < -0.4 is 0 Å². The van der Waals surface area contributed by atoms with E-state index < -0.39 is 0 Å². The Kier molecular flexibility index (Phi) is 7.43. The fourth-order valence-corrected chi connectivity index (χ4v) is 10.9. The van der Waals surface area contributed by atoms with Gasteiger partial charge in [0.15, 0.2) is 0 Å². The third kappa shape index (κ3) is 5.08. The second-order valence-corrected chi connectivity index (χ2v) is 17.2. The molecule has 13 aromatic rings. The van der Waals surface area contributed by atoms with Crippen molar-refractivity contribution in [2.45, 2.75) is 0 Å². The van der Waals surface area contributed by atoms with E-state index in [2.05, 4.69) is 240 Å². The molecule has 0 saturated carbocycles. The maximum Gasteiger partial charge on any atom is 0.0619 e. The molecule has 2 heteroatoms. The lowest BCUT2D eigenvalue weighted by Crippen LogP contribution is -1.94. The minimum absolute atomic E-state index is 1.15. The Balaban J connectivity index is 0.856. The average Bonchev–Trinajstić information content (AvgIpc) is 4.01. The number of hydrogen-bond acceptors (Lipinski definition) is 0. The van der Waals surface area contributed by atoms with Crippen LogP contribution in [0.5, 0.6) is 0 Å². The van der Waals surface area contributed by atoms with Crippen LogP contribution in [0.2, 0.25) is 0 Å². The average molecular weight is 811 g/mol. The third-order valence-electron chi connectivity index (χ3n) is 13.9. The van der Waals surface area contributed by atoms with Gasteiger partial charge in [-0.2, -0.15) is 0 Å². The van der Waals surface area contributed by atoms with Crippen molar-refractivity contribution in [3.63, 3.8) is 0 Å². The van der Waals surface area contributed by atoms with Gasteiger partial charge < -0.3 is 9.13 Å². The Labute approximate surface area is 370 Å². The molecule has 0 unspecified atom stereocenters. The number of rotatable bonds is 5. The Morgan fingerprint density at radius 2 is 0.750 bits per heavy atom. The summed E-state index contributed by atoms with van der Waals surface area (Å²) in [7, 11) is 0. The molecule has 0 atom stereocenters. The topological polar surface area (TPSA) is 9.86 Å². The maximum absolute atomic E-state index is 2.47. The van der Waals surface area contributed by atoms with Crippen LogP contribution in [0.25, 0.3) is 132 Å². The van der Waals surface area contributed by atoms with Crippen LogP contribution in [0.15, 0.2) is 231 Å². The van der Waals surface area contributed by atoms with Crippen LogP contribution in [-0.2, 0) is 0 Å². The highest BCUT2D eigenvalue weighted by atomic mass is 15.0. The molecule has 0 radical (unpaired) electrons. The van der Waals surface area contributed by atoms with Crippen LogP contribution in [0.1, 0.15) is 0 Å². The molecule has 64 heavy (non-hydrogen) atoms. The van der Waals surface area contributed by atoms with E-state index in [-0.39, 0.29) is 0 Å². The van der Waals surface area contributed by atoms with Crippen molar-refractivity contribution < 1.29 is 0 Å². The summed E-state index contributed by atoms with van der Waals surface area (Å²) < 4.78 is 4.85. The Bertz CT molecular complexity index is 4010. The van der Waals surface area contributed by atoms with Crippen LogP contribution in [0.3, 0.4) is 0 Å². The molecule has 1 aliphatic carbocycles. The normalized spacial score (nSPS) is 12.1. The number of nitrogens with zero attached hydrogens (tertiary/aromatic N) is 2. The summed E-state index contributed by atoms with van der Waals surface area (Å²) in [4.78, 5) is 0. The van der Waals surface area contributed by atoms with Crippen LogP contribution in [-0.4, -0.2) is 9.13 Å². The van der Waals surface area contributed by atoms with Gasteiger partial charge in [-0.3, -0.25) is 0 Å². The summed E-state index contributed by atoms with van der Waals surface area (Å²) in [5.41, 5.74) is 19.8. The molecule has 2 aromatic heterocycles. The number of aromatic nitrogens is 2. The van der Waals surface area contributed by atoms with Crippen molar-refractivity contribution in [1.82, 2.24) is 9.13 Å². The van der Waals surface area contributed by atoms with Crippen LogP contribution in [0, 0.1) is 0 Å². The number of hydrogen-bond donors (Lipinski definition) is 0. The SMILES string of the molecule is c1ccc(-n2c3ccccc3c3cc(-c4ccc5c(c4)c4ccc6ccccc6c4n5-c4ccc(-c5ccc(-c6ccc7c8c(cccc68)-c6ccccc6-7)cc5)cc4)ccc32)cc1. The molecular weight excluding hydrogens is 773 g/mol. The molecule has 2 heterocycles. The number of benzene rings is 11. The zero-order valence-electron chi connectivity index (χ0n) is 34.8. The van der Waals surface area contributed by atoms with E-state index in [0.717, 1.165) is 5.69 Å². The highest BCUT2D eigenvalue weighted by Gasteiger charge is 2.23. The second kappa shape index (κ2) is 13.5. The van der Waals surface area contributed by atoms with Crippen molar-refractivity contribution in [2.24, 2.45) is 0 Å². The largest absolute Gasteiger partial charge is 0.309 e. The summed E-state index contributed by atoms with van der Waals surface area (Å²) in [6.45, 7) is 0. The molecule has 2 nitrogen and oxygen atoms in total. The van der Waals surface area contributed by atoms with Gasteiger partial charge in [0.1, 0.15) is 0 Å². The number of para-hydroxylation sites is 2. The van der Waals surface area contributed by atoms with Gasteiger partial charge in [-0.05, 0) is 126 Å². The zero-order valence-corrected chi connectivity index (χ0v) is 34.8. The molecule has 0 saturated heterocycles. The van der Waals surface area contributed by atoms with Gasteiger partial charge in [-0.1, -0.05) is 176 Å². The molecule has 0 N–H and O–H groups in total. The summed E-state index contributed by atoms with van der Waals surface area (Å²) in [5, 5.41) is 10.2. The first-order chi connectivity index (χ1) is 31.7. The van der Waals surface area contributed by atoms with Crippen LogP contribution in [0.4, 0.5) is 0 Å². The Morgan fingerprint density at radius 1 is 0.234 bits per heavy atom. The van der Waals surface area contributed by atoms with Gasteiger partial charge >= 0.3 is 0 Å². The molecule has 0 fully saturated rings. The fourth-order valence-electron chi connectivity index (χ4n) is 10.9. The lowest BCUT2D eigenvalue weighted by Gasteiger charge is -2.12. The van der Waals surface area contributed by atoms with Gasteiger partial charge in [0, 0.05) is 38.3 Å². The molecule has 14 rings (SSSR count). The molecule has 0 bridgehead atoms. The molecule has 1 aliphatic rings. The third-order valence-corrected chi connectivity index (χ3v) is 13.9. The summed E-state index contributed by atoms with van der Waals surface area (Å²) in [6, 6.07) is 85.2. The molecule has 0 amide bonds. The first-order valence-electron chi connectivity index (χ1n) is 22.2.